The number of hydrogen-bond acceptors (Lipinski definition) is 2. The fourth-order valence-electron chi connectivity index (χ4n) is 1.77. The van der Waals surface area contributed by atoms with Crippen molar-refractivity contribution in [3.05, 3.63) is 46.2 Å². The molecule has 0 bridgehead atoms. The van der Waals surface area contributed by atoms with E-state index in [-0.39, 0.29) is 5.91 Å². The molecule has 4 nitrogen and oxygen atoms in total. The summed E-state index contributed by atoms with van der Waals surface area (Å²) in [6.07, 6.45) is 1.72. The molecule has 19 heavy (non-hydrogen) atoms. The van der Waals surface area contributed by atoms with Crippen molar-refractivity contribution in [1.29, 1.82) is 0 Å². The summed E-state index contributed by atoms with van der Waals surface area (Å²) in [6, 6.07) is 6.69. The van der Waals surface area contributed by atoms with Gasteiger partial charge in [-0.2, -0.15) is 0 Å². The van der Waals surface area contributed by atoms with Gasteiger partial charge in [0.05, 0.1) is 21.4 Å². The van der Waals surface area contributed by atoms with Crippen molar-refractivity contribution in [3.8, 4) is 0 Å². The summed E-state index contributed by atoms with van der Waals surface area (Å²) in [7, 11) is 0. The van der Waals surface area contributed by atoms with Crippen LogP contribution in [0.2, 0.25) is 10.0 Å². The van der Waals surface area contributed by atoms with E-state index >= 15 is 0 Å². The Morgan fingerprint density at radius 2 is 2.16 bits per heavy atom. The molecule has 1 amide bonds. The standard InChI is InChI=1S/C13H13Cl2N3O/c1-2-18-7-8(16)6-11(18)13(19)17-10-5-3-4-9(14)12(10)15/h3-7H,2,16H2,1H3,(H,17,19). The van der Waals surface area contributed by atoms with Crippen LogP contribution in [0.3, 0.4) is 0 Å². The number of rotatable bonds is 3. The number of nitrogen functional groups attached to an aromatic ring is 1. The highest BCUT2D eigenvalue weighted by atomic mass is 35.5. The Bertz CT molecular complexity index is 622. The van der Waals surface area contributed by atoms with E-state index in [9.17, 15) is 4.79 Å². The molecule has 2 rings (SSSR count). The lowest BCUT2D eigenvalue weighted by molar-refractivity contribution is 0.101. The summed E-state index contributed by atoms with van der Waals surface area (Å²) < 4.78 is 1.77. The van der Waals surface area contributed by atoms with Crippen LogP contribution in [0.5, 0.6) is 0 Å². The molecule has 2 aromatic rings. The van der Waals surface area contributed by atoms with Crippen LogP contribution in [-0.2, 0) is 6.54 Å². The van der Waals surface area contributed by atoms with E-state index in [1.165, 1.54) is 0 Å². The molecule has 100 valence electrons. The highest BCUT2D eigenvalue weighted by Crippen LogP contribution is 2.29. The smallest absolute Gasteiger partial charge is 0.272 e. The van der Waals surface area contributed by atoms with Gasteiger partial charge in [0.15, 0.2) is 0 Å². The molecule has 3 N–H and O–H groups in total. The first-order chi connectivity index (χ1) is 9.02. The molecule has 0 aliphatic carbocycles. The van der Waals surface area contributed by atoms with Crippen molar-refractivity contribution in [2.75, 3.05) is 11.1 Å². The summed E-state index contributed by atoms with van der Waals surface area (Å²) in [5.41, 5.74) is 7.19. The molecule has 0 radical (unpaired) electrons. The lowest BCUT2D eigenvalue weighted by Gasteiger charge is -2.09. The van der Waals surface area contributed by atoms with Crippen molar-refractivity contribution in [2.45, 2.75) is 13.5 Å². The maximum atomic E-state index is 12.2. The molecule has 0 unspecified atom stereocenters. The number of halogens is 2. The normalized spacial score (nSPS) is 10.5. The summed E-state index contributed by atoms with van der Waals surface area (Å²) in [4.78, 5) is 12.2. The van der Waals surface area contributed by atoms with Gasteiger partial charge in [-0.1, -0.05) is 29.3 Å². The maximum Gasteiger partial charge on any atom is 0.272 e. The number of nitrogens with zero attached hydrogens (tertiary/aromatic N) is 1. The minimum absolute atomic E-state index is 0.275. The van der Waals surface area contributed by atoms with Crippen LogP contribution in [0.25, 0.3) is 0 Å². The van der Waals surface area contributed by atoms with Crippen LogP contribution in [0.15, 0.2) is 30.5 Å². The topological polar surface area (TPSA) is 60.0 Å². The van der Waals surface area contributed by atoms with Gasteiger partial charge in [0.2, 0.25) is 0 Å². The molecule has 1 aromatic heterocycles. The third kappa shape index (κ3) is 2.85. The maximum absolute atomic E-state index is 12.2. The van der Waals surface area contributed by atoms with Crippen molar-refractivity contribution < 1.29 is 4.79 Å². The Morgan fingerprint density at radius 3 is 2.84 bits per heavy atom. The molecular formula is C13H13Cl2N3O. The second-order valence-corrected chi connectivity index (χ2v) is 4.79. The van der Waals surface area contributed by atoms with E-state index in [0.717, 1.165) is 0 Å². The summed E-state index contributed by atoms with van der Waals surface area (Å²) in [6.45, 7) is 2.59. The molecule has 0 saturated carbocycles. The molecule has 0 atom stereocenters. The van der Waals surface area contributed by atoms with Gasteiger partial charge in [-0.05, 0) is 25.1 Å². The number of anilines is 2. The number of carbonyl (C=O) groups is 1. The average Bonchev–Trinajstić information content (AvgIpc) is 2.76. The summed E-state index contributed by atoms with van der Waals surface area (Å²) in [5.74, 6) is -0.275. The van der Waals surface area contributed by atoms with Gasteiger partial charge in [0, 0.05) is 12.7 Å². The summed E-state index contributed by atoms with van der Waals surface area (Å²) in [5, 5.41) is 3.44. The second kappa shape index (κ2) is 5.55. The predicted molar refractivity (Wildman–Crippen MR) is 78.9 cm³/mol. The molecule has 0 saturated heterocycles. The molecule has 0 fully saturated rings. The first kappa shape index (κ1) is 13.8. The van der Waals surface area contributed by atoms with E-state index in [4.69, 9.17) is 28.9 Å². The highest BCUT2D eigenvalue weighted by Gasteiger charge is 2.14. The Hall–Kier alpha value is -1.65. The average molecular weight is 298 g/mol. The van der Waals surface area contributed by atoms with Gasteiger partial charge < -0.3 is 15.6 Å². The largest absolute Gasteiger partial charge is 0.397 e. The first-order valence-corrected chi connectivity index (χ1v) is 6.49. The van der Waals surface area contributed by atoms with E-state index in [2.05, 4.69) is 5.32 Å². The van der Waals surface area contributed by atoms with Gasteiger partial charge in [-0.15, -0.1) is 0 Å². The lowest BCUT2D eigenvalue weighted by Crippen LogP contribution is -2.16. The van der Waals surface area contributed by atoms with Crippen LogP contribution in [0.1, 0.15) is 17.4 Å². The molecule has 6 heteroatoms. The third-order valence-corrected chi connectivity index (χ3v) is 3.51. The minimum Gasteiger partial charge on any atom is -0.397 e. The molecule has 1 aromatic carbocycles. The number of nitrogens with two attached hydrogens (primary N) is 1. The van der Waals surface area contributed by atoms with Crippen molar-refractivity contribution in [2.24, 2.45) is 0 Å². The van der Waals surface area contributed by atoms with Gasteiger partial charge in [0.25, 0.3) is 5.91 Å². The zero-order valence-electron chi connectivity index (χ0n) is 10.3. The molecule has 0 spiro atoms. The van der Waals surface area contributed by atoms with Gasteiger partial charge in [0.1, 0.15) is 5.69 Å². The zero-order valence-corrected chi connectivity index (χ0v) is 11.8. The summed E-state index contributed by atoms with van der Waals surface area (Å²) >= 11 is 11.9. The van der Waals surface area contributed by atoms with Gasteiger partial charge in [-0.3, -0.25) is 4.79 Å². The SMILES string of the molecule is CCn1cc(N)cc1C(=O)Nc1cccc(Cl)c1Cl. The van der Waals surface area contributed by atoms with E-state index in [1.54, 1.807) is 35.0 Å². The first-order valence-electron chi connectivity index (χ1n) is 5.74. The zero-order chi connectivity index (χ0) is 14.0. The van der Waals surface area contributed by atoms with Crippen LogP contribution in [-0.4, -0.2) is 10.5 Å². The Labute approximate surface area is 121 Å². The second-order valence-electron chi connectivity index (χ2n) is 4.00. The van der Waals surface area contributed by atoms with Crippen molar-refractivity contribution >= 4 is 40.5 Å². The molecular weight excluding hydrogens is 285 g/mol. The number of hydrogen-bond donors (Lipinski definition) is 2. The predicted octanol–water partition coefficient (Wildman–Crippen LogP) is 3.65. The minimum atomic E-state index is -0.275. The van der Waals surface area contributed by atoms with Crippen LogP contribution in [0, 0.1) is 0 Å². The fourth-order valence-corrected chi connectivity index (χ4v) is 2.12. The number of aromatic nitrogens is 1. The number of carbonyl (C=O) groups excluding carboxylic acids is 1. The Balaban J connectivity index is 2.28. The Morgan fingerprint density at radius 1 is 1.42 bits per heavy atom. The van der Waals surface area contributed by atoms with E-state index in [0.29, 0.717) is 33.7 Å². The van der Waals surface area contributed by atoms with Crippen LogP contribution in [0.4, 0.5) is 11.4 Å². The quantitative estimate of drug-likeness (QED) is 0.908. The van der Waals surface area contributed by atoms with E-state index < -0.39 is 0 Å². The number of amides is 1. The van der Waals surface area contributed by atoms with Crippen molar-refractivity contribution in [1.82, 2.24) is 4.57 Å². The van der Waals surface area contributed by atoms with Gasteiger partial charge >= 0.3 is 0 Å². The van der Waals surface area contributed by atoms with Crippen LogP contribution < -0.4 is 11.1 Å². The fraction of sp³-hybridized carbons (Fsp3) is 0.154. The Kier molecular flexibility index (Phi) is 4.02. The monoisotopic (exact) mass is 297 g/mol. The van der Waals surface area contributed by atoms with Crippen LogP contribution >= 0.6 is 23.2 Å². The molecule has 0 aliphatic rings. The van der Waals surface area contributed by atoms with Crippen molar-refractivity contribution in [3.63, 3.8) is 0 Å². The van der Waals surface area contributed by atoms with Gasteiger partial charge in [-0.25, -0.2) is 0 Å². The van der Waals surface area contributed by atoms with E-state index in [1.807, 2.05) is 6.92 Å². The molecule has 1 heterocycles. The number of nitrogens with one attached hydrogen (secondary N) is 1. The molecule has 0 aliphatic heterocycles. The lowest BCUT2D eigenvalue weighted by atomic mass is 10.3. The number of aryl methyl sites for hydroxylation is 1. The highest BCUT2D eigenvalue weighted by molar-refractivity contribution is 6.44. The number of benzene rings is 1. The third-order valence-electron chi connectivity index (χ3n) is 2.69.